The Bertz CT molecular complexity index is 1230. The van der Waals surface area contributed by atoms with Crippen LogP contribution in [0.3, 0.4) is 0 Å². The maximum atomic E-state index is 6.39. The van der Waals surface area contributed by atoms with Crippen LogP contribution in [0.25, 0.3) is 0 Å². The average Bonchev–Trinajstić information content (AvgIpc) is 2.98. The van der Waals surface area contributed by atoms with Crippen LogP contribution >= 0.6 is 0 Å². The smallest absolute Gasteiger partial charge is 0.223 e. The van der Waals surface area contributed by atoms with Gasteiger partial charge in [0.05, 0.1) is 11.4 Å². The summed E-state index contributed by atoms with van der Waals surface area (Å²) in [6.07, 6.45) is 4.03. The minimum atomic E-state index is 0.122. The number of para-hydroxylation sites is 2. The Balaban J connectivity index is 1.71. The molecule has 0 saturated heterocycles. The molecule has 0 saturated carbocycles. The summed E-state index contributed by atoms with van der Waals surface area (Å²) >= 11 is 0. The number of benzene rings is 3. The molecule has 3 aromatic carbocycles. The van der Waals surface area contributed by atoms with Gasteiger partial charge in [-0.1, -0.05) is 87.4 Å². The molecule has 0 aliphatic heterocycles. The number of aliphatic imine (C=N–C) groups is 4. The Morgan fingerprint density at radius 3 is 1.24 bits per heavy atom. The molecule has 10 heteroatoms. The molecule has 10 nitrogen and oxygen atoms in total. The first-order chi connectivity index (χ1) is 20.4. The van der Waals surface area contributed by atoms with Crippen LogP contribution in [0.15, 0.2) is 105 Å². The molecule has 0 radical (unpaired) electrons. The number of nitrogens with two attached hydrogens (primary N) is 4. The number of rotatable bonds is 12. The maximum Gasteiger partial charge on any atom is 0.223 e. The van der Waals surface area contributed by atoms with E-state index >= 15 is 0 Å². The second-order valence-corrected chi connectivity index (χ2v) is 9.92. The second-order valence-electron chi connectivity index (χ2n) is 9.92. The van der Waals surface area contributed by atoms with Crippen LogP contribution in [0.4, 0.5) is 11.4 Å². The van der Waals surface area contributed by atoms with Gasteiger partial charge in [0.2, 0.25) is 11.9 Å². The Kier molecular flexibility index (Phi) is 12.9. The van der Waals surface area contributed by atoms with Crippen LogP contribution in [0.5, 0.6) is 0 Å². The Morgan fingerprint density at radius 2 is 0.905 bits per heavy atom. The monoisotopic (exact) mass is 568 g/mol. The van der Waals surface area contributed by atoms with Crippen molar-refractivity contribution in [1.82, 2.24) is 9.80 Å². The minimum Gasteiger partial charge on any atom is -0.369 e. The number of hydrogen-bond donors (Lipinski definition) is 4. The van der Waals surface area contributed by atoms with Gasteiger partial charge in [-0.3, -0.25) is 0 Å². The lowest BCUT2D eigenvalue weighted by atomic mass is 10.1. The summed E-state index contributed by atoms with van der Waals surface area (Å²) in [4.78, 5) is 21.5. The lowest BCUT2D eigenvalue weighted by molar-refractivity contribution is 0.395. The van der Waals surface area contributed by atoms with Crippen molar-refractivity contribution in [2.45, 2.75) is 52.6 Å². The van der Waals surface area contributed by atoms with E-state index in [0.717, 1.165) is 61.3 Å². The molecule has 222 valence electrons. The summed E-state index contributed by atoms with van der Waals surface area (Å²) in [6, 6.07) is 27.3. The highest BCUT2D eigenvalue weighted by Crippen LogP contribution is 2.14. The maximum absolute atomic E-state index is 6.39. The molecule has 3 rings (SSSR count). The average molecular weight is 569 g/mol. The summed E-state index contributed by atoms with van der Waals surface area (Å²) in [6.45, 7) is 7.01. The van der Waals surface area contributed by atoms with Crippen molar-refractivity contribution in [3.8, 4) is 0 Å². The standard InChI is InChI=1S/C32H44N10/c1-3-5-21-41(31(35)39-29(33)37-27-13-9-7-10-14-27)23-25-17-19-26(20-18-25)24-42(22-6-4-2)32(36)40-30(34)38-28-15-11-8-12-16-28/h7-20H,3-6,21-24H2,1-2H3,(H4,33,35,37,39)(H4,34,36,38,40). The van der Waals surface area contributed by atoms with Crippen LogP contribution in [0.2, 0.25) is 0 Å². The summed E-state index contributed by atoms with van der Waals surface area (Å²) in [5.41, 5.74) is 28.6. The summed E-state index contributed by atoms with van der Waals surface area (Å²) < 4.78 is 0. The fourth-order valence-corrected chi connectivity index (χ4v) is 4.13. The fourth-order valence-electron chi connectivity index (χ4n) is 4.13. The van der Waals surface area contributed by atoms with Crippen LogP contribution in [-0.2, 0) is 13.1 Å². The lowest BCUT2D eigenvalue weighted by Gasteiger charge is -2.25. The van der Waals surface area contributed by atoms with Crippen LogP contribution in [-0.4, -0.2) is 46.7 Å². The van der Waals surface area contributed by atoms with Crippen LogP contribution < -0.4 is 22.9 Å². The molecular formula is C32H44N10. The fraction of sp³-hybridized carbons (Fsp3) is 0.312. The molecule has 3 aromatic rings. The van der Waals surface area contributed by atoms with Gasteiger partial charge in [0, 0.05) is 26.2 Å². The Hall–Kier alpha value is -4.86. The molecular weight excluding hydrogens is 524 g/mol. The van der Waals surface area contributed by atoms with E-state index in [1.165, 1.54) is 0 Å². The molecule has 0 spiro atoms. The summed E-state index contributed by atoms with van der Waals surface area (Å²) in [5.74, 6) is 0.927. The van der Waals surface area contributed by atoms with Crippen LogP contribution in [0, 0.1) is 0 Å². The topological polar surface area (TPSA) is 160 Å². The van der Waals surface area contributed by atoms with E-state index in [9.17, 15) is 0 Å². The molecule has 0 fully saturated rings. The molecule has 0 aromatic heterocycles. The molecule has 0 bridgehead atoms. The van der Waals surface area contributed by atoms with Gasteiger partial charge in [0.1, 0.15) is 0 Å². The second kappa shape index (κ2) is 17.1. The van der Waals surface area contributed by atoms with Gasteiger partial charge in [-0.05, 0) is 48.2 Å². The first-order valence-corrected chi connectivity index (χ1v) is 14.4. The lowest BCUT2D eigenvalue weighted by Crippen LogP contribution is -2.39. The van der Waals surface area contributed by atoms with E-state index < -0.39 is 0 Å². The molecule has 0 heterocycles. The normalized spacial score (nSPS) is 12.8. The van der Waals surface area contributed by atoms with Gasteiger partial charge >= 0.3 is 0 Å². The van der Waals surface area contributed by atoms with Gasteiger partial charge in [-0.2, -0.15) is 9.98 Å². The number of nitrogens with zero attached hydrogens (tertiary/aromatic N) is 6. The minimum absolute atomic E-state index is 0.122. The van der Waals surface area contributed by atoms with E-state index in [0.29, 0.717) is 25.0 Å². The number of unbranched alkanes of at least 4 members (excludes halogenated alkanes) is 2. The van der Waals surface area contributed by atoms with Gasteiger partial charge in [0.15, 0.2) is 11.9 Å². The van der Waals surface area contributed by atoms with E-state index in [1.807, 2.05) is 70.5 Å². The van der Waals surface area contributed by atoms with Gasteiger partial charge < -0.3 is 32.7 Å². The molecule has 8 N–H and O–H groups in total. The third-order valence-corrected chi connectivity index (χ3v) is 6.44. The van der Waals surface area contributed by atoms with Crippen molar-refractivity contribution in [3.63, 3.8) is 0 Å². The quantitative estimate of drug-likeness (QED) is 0.181. The summed E-state index contributed by atoms with van der Waals surface area (Å²) in [5, 5.41) is 0. The van der Waals surface area contributed by atoms with E-state index in [1.54, 1.807) is 0 Å². The Morgan fingerprint density at radius 1 is 0.548 bits per heavy atom. The molecule has 0 atom stereocenters. The largest absolute Gasteiger partial charge is 0.369 e. The predicted octanol–water partition coefficient (Wildman–Crippen LogP) is 4.81. The van der Waals surface area contributed by atoms with Crippen molar-refractivity contribution >= 4 is 35.2 Å². The zero-order chi connectivity index (χ0) is 30.2. The molecule has 0 aliphatic rings. The molecule has 0 amide bonds. The van der Waals surface area contributed by atoms with Crippen molar-refractivity contribution < 1.29 is 0 Å². The third kappa shape index (κ3) is 11.0. The number of guanidine groups is 4. The zero-order valence-electron chi connectivity index (χ0n) is 24.7. The van der Waals surface area contributed by atoms with Crippen molar-refractivity contribution in [2.24, 2.45) is 42.9 Å². The first kappa shape index (κ1) is 31.7. The molecule has 0 aliphatic carbocycles. The molecule has 42 heavy (non-hydrogen) atoms. The van der Waals surface area contributed by atoms with Crippen molar-refractivity contribution in [1.29, 1.82) is 0 Å². The first-order valence-electron chi connectivity index (χ1n) is 14.4. The van der Waals surface area contributed by atoms with E-state index in [-0.39, 0.29) is 11.9 Å². The predicted molar refractivity (Wildman–Crippen MR) is 176 cm³/mol. The SMILES string of the molecule is CCCCN(Cc1ccc(CN(CCCC)C(N)=NC(N)=Nc2ccccc2)cc1)C(N)=NC(N)=Nc1ccccc1. The van der Waals surface area contributed by atoms with E-state index in [4.69, 9.17) is 22.9 Å². The van der Waals surface area contributed by atoms with Crippen molar-refractivity contribution in [3.05, 3.63) is 96.1 Å². The Labute approximate surface area is 249 Å². The van der Waals surface area contributed by atoms with Crippen LogP contribution in [0.1, 0.15) is 50.7 Å². The van der Waals surface area contributed by atoms with Gasteiger partial charge in [-0.25, -0.2) is 9.98 Å². The summed E-state index contributed by atoms with van der Waals surface area (Å²) in [7, 11) is 0. The van der Waals surface area contributed by atoms with Crippen molar-refractivity contribution in [2.75, 3.05) is 13.1 Å². The van der Waals surface area contributed by atoms with Gasteiger partial charge in [-0.15, -0.1) is 0 Å². The highest BCUT2D eigenvalue weighted by atomic mass is 15.3. The highest BCUT2D eigenvalue weighted by molar-refractivity contribution is 5.95. The molecule has 0 unspecified atom stereocenters. The number of hydrogen-bond acceptors (Lipinski definition) is 2. The van der Waals surface area contributed by atoms with E-state index in [2.05, 4.69) is 58.1 Å². The zero-order valence-corrected chi connectivity index (χ0v) is 24.7. The third-order valence-electron chi connectivity index (χ3n) is 6.44. The highest BCUT2D eigenvalue weighted by Gasteiger charge is 2.12. The van der Waals surface area contributed by atoms with Gasteiger partial charge in [0.25, 0.3) is 0 Å².